The largest absolute Gasteiger partial charge is 0.486 e. The highest BCUT2D eigenvalue weighted by molar-refractivity contribution is 6.34. The van der Waals surface area contributed by atoms with Gasteiger partial charge in [0.05, 0.1) is 35.0 Å². The van der Waals surface area contributed by atoms with Crippen LogP contribution in [0.5, 0.6) is 11.6 Å². The summed E-state index contributed by atoms with van der Waals surface area (Å²) in [5, 5.41) is 9.45. The second-order valence-electron chi connectivity index (χ2n) is 6.57. The summed E-state index contributed by atoms with van der Waals surface area (Å²) < 4.78 is 52.2. The molecule has 0 spiro atoms. The fourth-order valence-electron chi connectivity index (χ4n) is 2.95. The Morgan fingerprint density at radius 2 is 2.00 bits per heavy atom. The molecule has 0 atom stereocenters. The summed E-state index contributed by atoms with van der Waals surface area (Å²) in [5.74, 6) is -3.52. The molecule has 0 aliphatic rings. The van der Waals surface area contributed by atoms with Crippen molar-refractivity contribution in [2.45, 2.75) is 6.61 Å². The molecule has 1 amide bonds. The number of aromatic nitrogens is 3. The van der Waals surface area contributed by atoms with E-state index < -0.39 is 28.9 Å². The molecule has 2 aromatic carbocycles. The van der Waals surface area contributed by atoms with E-state index in [0.29, 0.717) is 17.1 Å². The van der Waals surface area contributed by atoms with Gasteiger partial charge in [-0.25, -0.2) is 18.2 Å². The number of fused-ring (bicyclic) bond motifs is 1. The van der Waals surface area contributed by atoms with E-state index in [0.717, 1.165) is 6.07 Å². The van der Waals surface area contributed by atoms with Crippen molar-refractivity contribution in [2.24, 2.45) is 0 Å². The molecule has 2 N–H and O–H groups in total. The van der Waals surface area contributed by atoms with Crippen LogP contribution >= 0.6 is 11.6 Å². The number of nitrogens with zero attached hydrogens (tertiary/aromatic N) is 2. The smallest absolute Gasteiger partial charge is 0.260 e. The minimum atomic E-state index is -1.03. The fraction of sp³-hybridized carbons (Fsp3) is 0.0952. The van der Waals surface area contributed by atoms with Gasteiger partial charge in [0, 0.05) is 11.6 Å². The van der Waals surface area contributed by atoms with E-state index >= 15 is 4.39 Å². The molecule has 2 heterocycles. The number of aromatic amines is 1. The number of nitrogens with one attached hydrogen (secondary N) is 2. The zero-order chi connectivity index (χ0) is 22.8. The van der Waals surface area contributed by atoms with Crippen LogP contribution in [-0.4, -0.2) is 28.2 Å². The van der Waals surface area contributed by atoms with E-state index in [2.05, 4.69) is 20.5 Å². The van der Waals surface area contributed by atoms with Crippen LogP contribution in [0, 0.1) is 17.5 Å². The number of hydrogen-bond acceptors (Lipinski definition) is 5. The molecular weight excluding hydrogens is 449 g/mol. The number of methoxy groups -OCH3 is 1. The van der Waals surface area contributed by atoms with Crippen molar-refractivity contribution in [3.05, 3.63) is 76.2 Å². The third-order valence-corrected chi connectivity index (χ3v) is 4.83. The zero-order valence-corrected chi connectivity index (χ0v) is 17.1. The second-order valence-corrected chi connectivity index (χ2v) is 6.97. The lowest BCUT2D eigenvalue weighted by Gasteiger charge is -2.12. The van der Waals surface area contributed by atoms with Gasteiger partial charge in [-0.1, -0.05) is 11.6 Å². The highest BCUT2D eigenvalue weighted by Gasteiger charge is 2.21. The van der Waals surface area contributed by atoms with E-state index in [1.54, 1.807) is 6.07 Å². The normalized spacial score (nSPS) is 10.9. The molecule has 0 saturated heterocycles. The minimum absolute atomic E-state index is 0.0141. The zero-order valence-electron chi connectivity index (χ0n) is 16.4. The number of carbonyl (C=O) groups is 1. The first-order chi connectivity index (χ1) is 15.4. The number of anilines is 1. The summed E-state index contributed by atoms with van der Waals surface area (Å²) in [6.07, 6.45) is 1.35. The van der Waals surface area contributed by atoms with Crippen LogP contribution in [0.1, 0.15) is 15.9 Å². The van der Waals surface area contributed by atoms with Gasteiger partial charge in [0.25, 0.3) is 5.91 Å². The maximum Gasteiger partial charge on any atom is 0.260 e. The number of benzene rings is 2. The molecule has 4 aromatic rings. The van der Waals surface area contributed by atoms with Crippen molar-refractivity contribution in [3.63, 3.8) is 0 Å². The molecule has 4 rings (SSSR count). The number of hydrogen-bond donors (Lipinski definition) is 2. The first-order valence-electron chi connectivity index (χ1n) is 9.11. The summed E-state index contributed by atoms with van der Waals surface area (Å²) >= 11 is 6.04. The number of amides is 1. The average Bonchev–Trinajstić information content (AvgIpc) is 3.16. The average molecular weight is 463 g/mol. The highest BCUT2D eigenvalue weighted by Crippen LogP contribution is 2.30. The van der Waals surface area contributed by atoms with E-state index in [-0.39, 0.29) is 34.5 Å². The van der Waals surface area contributed by atoms with Gasteiger partial charge in [0.1, 0.15) is 18.2 Å². The standard InChI is InChI=1S/C21H14ClF3N4O3/c1-31-21-13-7-12(8-26-19(13)28-29-21)27-20(30)17-14(22)4-5-16(18(17)25)32-9-10-2-3-11(23)6-15(10)24/h2-8H,9H2,1H3,(H,27,30)(H,26,28,29). The van der Waals surface area contributed by atoms with E-state index in [4.69, 9.17) is 21.1 Å². The summed E-state index contributed by atoms with van der Waals surface area (Å²) in [6, 6.07) is 6.95. The molecular formula is C21H14ClF3N4O3. The Hall–Kier alpha value is -3.79. The fourth-order valence-corrected chi connectivity index (χ4v) is 3.18. The topological polar surface area (TPSA) is 89.1 Å². The number of ether oxygens (including phenoxy) is 2. The van der Waals surface area contributed by atoms with Crippen LogP contribution in [0.2, 0.25) is 5.02 Å². The van der Waals surface area contributed by atoms with Crippen molar-refractivity contribution in [3.8, 4) is 11.6 Å². The lowest BCUT2D eigenvalue weighted by molar-refractivity contribution is 0.102. The van der Waals surface area contributed by atoms with Crippen LogP contribution in [0.3, 0.4) is 0 Å². The Morgan fingerprint density at radius 3 is 2.75 bits per heavy atom. The maximum atomic E-state index is 15.0. The van der Waals surface area contributed by atoms with E-state index in [1.165, 1.54) is 31.5 Å². The lowest BCUT2D eigenvalue weighted by Crippen LogP contribution is -2.15. The molecule has 11 heteroatoms. The van der Waals surface area contributed by atoms with Crippen LogP contribution in [0.4, 0.5) is 18.9 Å². The summed E-state index contributed by atoms with van der Waals surface area (Å²) in [6.45, 7) is -0.382. The number of halogens is 4. The van der Waals surface area contributed by atoms with Gasteiger partial charge < -0.3 is 14.8 Å². The summed E-state index contributed by atoms with van der Waals surface area (Å²) in [4.78, 5) is 16.8. The lowest BCUT2D eigenvalue weighted by atomic mass is 10.1. The van der Waals surface area contributed by atoms with Crippen molar-refractivity contribution in [1.29, 1.82) is 0 Å². The molecule has 0 aliphatic heterocycles. The maximum absolute atomic E-state index is 15.0. The molecule has 7 nitrogen and oxygen atoms in total. The Morgan fingerprint density at radius 1 is 1.19 bits per heavy atom. The quantitative estimate of drug-likeness (QED) is 0.427. The van der Waals surface area contributed by atoms with E-state index in [9.17, 15) is 13.6 Å². The summed E-state index contributed by atoms with van der Waals surface area (Å²) in [5.41, 5.74) is 0.230. The van der Waals surface area contributed by atoms with Gasteiger partial charge in [-0.05, 0) is 30.3 Å². The Bertz CT molecular complexity index is 1330. The van der Waals surface area contributed by atoms with Gasteiger partial charge in [-0.15, -0.1) is 5.10 Å². The molecule has 0 aliphatic carbocycles. The first-order valence-corrected chi connectivity index (χ1v) is 9.49. The van der Waals surface area contributed by atoms with Crippen molar-refractivity contribution in [1.82, 2.24) is 15.2 Å². The monoisotopic (exact) mass is 462 g/mol. The molecule has 164 valence electrons. The van der Waals surface area contributed by atoms with Crippen molar-refractivity contribution in [2.75, 3.05) is 12.4 Å². The van der Waals surface area contributed by atoms with Gasteiger partial charge in [-0.2, -0.15) is 0 Å². The predicted octanol–water partition coefficient (Wildman–Crippen LogP) is 4.87. The van der Waals surface area contributed by atoms with Gasteiger partial charge in [-0.3, -0.25) is 9.89 Å². The van der Waals surface area contributed by atoms with Crippen molar-refractivity contribution >= 4 is 34.2 Å². The van der Waals surface area contributed by atoms with E-state index in [1.807, 2.05) is 0 Å². The molecule has 0 unspecified atom stereocenters. The summed E-state index contributed by atoms with van der Waals surface area (Å²) in [7, 11) is 1.43. The van der Waals surface area contributed by atoms with Crippen LogP contribution < -0.4 is 14.8 Å². The second kappa shape index (κ2) is 8.75. The van der Waals surface area contributed by atoms with Gasteiger partial charge in [0.15, 0.2) is 17.2 Å². The van der Waals surface area contributed by atoms with Gasteiger partial charge >= 0.3 is 0 Å². The Kier molecular flexibility index (Phi) is 5.87. The third-order valence-electron chi connectivity index (χ3n) is 4.51. The molecule has 2 aromatic heterocycles. The minimum Gasteiger partial charge on any atom is -0.486 e. The SMILES string of the molecule is COc1n[nH]c2ncc(NC(=O)c3c(Cl)ccc(OCc4ccc(F)cc4F)c3F)cc12. The molecule has 32 heavy (non-hydrogen) atoms. The Balaban J connectivity index is 1.57. The molecule has 0 fully saturated rings. The first kappa shape index (κ1) is 21.4. The van der Waals surface area contributed by atoms with Crippen LogP contribution in [0.25, 0.3) is 11.0 Å². The highest BCUT2D eigenvalue weighted by atomic mass is 35.5. The molecule has 0 saturated carbocycles. The number of H-pyrrole nitrogens is 1. The predicted molar refractivity (Wildman–Crippen MR) is 110 cm³/mol. The molecule has 0 radical (unpaired) electrons. The van der Waals surface area contributed by atoms with Crippen LogP contribution in [-0.2, 0) is 6.61 Å². The number of rotatable bonds is 6. The third kappa shape index (κ3) is 4.17. The molecule has 0 bridgehead atoms. The van der Waals surface area contributed by atoms with Crippen molar-refractivity contribution < 1.29 is 27.4 Å². The van der Waals surface area contributed by atoms with Gasteiger partial charge in [0.2, 0.25) is 5.88 Å². The van der Waals surface area contributed by atoms with Crippen LogP contribution in [0.15, 0.2) is 42.6 Å². The Labute approximate surface area is 184 Å². The number of carbonyl (C=O) groups excluding carboxylic acids is 1. The number of pyridine rings is 1.